The van der Waals surface area contributed by atoms with Gasteiger partial charge in [0.15, 0.2) is 0 Å². The van der Waals surface area contributed by atoms with Gasteiger partial charge < -0.3 is 4.74 Å². The van der Waals surface area contributed by atoms with Crippen molar-refractivity contribution in [3.63, 3.8) is 0 Å². The zero-order valence-corrected chi connectivity index (χ0v) is 36.1. The van der Waals surface area contributed by atoms with E-state index in [4.69, 9.17) is 16.6 Å². The monoisotopic (exact) mass is 802 g/mol. The van der Waals surface area contributed by atoms with Crippen molar-refractivity contribution in [1.29, 1.82) is 5.26 Å². The lowest BCUT2D eigenvalue weighted by molar-refractivity contribution is 0.483. The Morgan fingerprint density at radius 2 is 1.34 bits per heavy atom. The first-order valence-corrected chi connectivity index (χ1v) is 20.6. The maximum absolute atomic E-state index is 9.82. The summed E-state index contributed by atoms with van der Waals surface area (Å²) in [6.07, 6.45) is 1.84. The lowest BCUT2D eigenvalue weighted by Gasteiger charge is -2.24. The average molecular weight is 803 g/mol. The Labute approximate surface area is 366 Å². The van der Waals surface area contributed by atoms with Crippen molar-refractivity contribution in [2.45, 2.75) is 78.6 Å². The molecular weight excluding hydrogens is 747 g/mol. The number of ether oxygens (including phenoxy) is 1. The summed E-state index contributed by atoms with van der Waals surface area (Å²) in [6.45, 7) is 19.6. The highest BCUT2D eigenvalue weighted by atomic mass is 16.5. The molecule has 6 nitrogen and oxygen atoms in total. The third-order valence-corrected chi connectivity index (χ3v) is 11.4. The van der Waals surface area contributed by atoms with Crippen LogP contribution >= 0.6 is 0 Å². The van der Waals surface area contributed by atoms with Crippen molar-refractivity contribution < 1.29 is 11.6 Å². The number of rotatable bonds is 6. The summed E-state index contributed by atoms with van der Waals surface area (Å²) in [5.74, 6) is 1.94. The molecule has 6 aromatic carbocycles. The highest BCUT2D eigenvalue weighted by Gasteiger charge is 2.40. The average Bonchev–Trinajstić information content (AvgIpc) is 3.83. The van der Waals surface area contributed by atoms with E-state index in [9.17, 15) is 5.26 Å². The minimum atomic E-state index is -0.442. The molecule has 0 fully saturated rings. The molecule has 300 valence electrons. The molecule has 1 aliphatic heterocycles. The molecular formula is C55H51N5O+2. The highest BCUT2D eigenvalue weighted by Crippen LogP contribution is 2.45. The minimum Gasteiger partial charge on any atom is -0.457 e. The molecule has 0 atom stereocenters. The third-order valence-electron chi connectivity index (χ3n) is 11.4. The zero-order chi connectivity index (χ0) is 47.2. The highest BCUT2D eigenvalue weighted by molar-refractivity contribution is 6.10. The van der Waals surface area contributed by atoms with E-state index in [0.717, 1.165) is 55.7 Å². The summed E-state index contributed by atoms with van der Waals surface area (Å²) in [6, 6.07) is 39.9. The van der Waals surface area contributed by atoms with Crippen LogP contribution in [0, 0.1) is 11.3 Å². The van der Waals surface area contributed by atoms with Gasteiger partial charge in [0.1, 0.15) is 17.3 Å². The molecule has 0 radical (unpaired) electrons. The predicted octanol–water partition coefficient (Wildman–Crippen LogP) is 14.3. The molecule has 0 unspecified atom stereocenters. The van der Waals surface area contributed by atoms with E-state index in [2.05, 4.69) is 103 Å². The molecule has 2 aromatic heterocycles. The first-order chi connectivity index (χ1) is 31.1. The topological polar surface area (TPSA) is 56.9 Å². The van der Waals surface area contributed by atoms with E-state index in [1.807, 2.05) is 100 Å². The summed E-state index contributed by atoms with van der Waals surface area (Å²) in [7, 11) is 0. The van der Waals surface area contributed by atoms with Crippen LogP contribution in [0.5, 0.6) is 11.5 Å². The largest absolute Gasteiger partial charge is 0.503 e. The minimum absolute atomic E-state index is 0.0984. The smallest absolute Gasteiger partial charge is 0.457 e. The summed E-state index contributed by atoms with van der Waals surface area (Å²) in [5.41, 5.74) is 8.80. The van der Waals surface area contributed by atoms with Gasteiger partial charge in [0.05, 0.1) is 41.1 Å². The van der Waals surface area contributed by atoms with E-state index in [0.29, 0.717) is 34.0 Å². The van der Waals surface area contributed by atoms with Gasteiger partial charge in [-0.2, -0.15) is 5.26 Å². The molecule has 61 heavy (non-hydrogen) atoms. The van der Waals surface area contributed by atoms with Gasteiger partial charge in [0.2, 0.25) is 11.4 Å². The number of hydrogen-bond donors (Lipinski definition) is 0. The second-order valence-electron chi connectivity index (χ2n) is 18.8. The molecule has 0 aliphatic carbocycles. The SMILES string of the molecule is [2H]c1c([2H])c([2H])c(-c2cccc3c2[N+](c2cc(C(C)(C)C)cc(C(C)(C)C)c2)=C=[N+]3c2cccc(Oc3ccc4c5cc(C#N)ccc5n(-c5cc(C(C)(C)C)ccn5)c4c3)c2)c([2H])c1[2H]. The second-order valence-corrected chi connectivity index (χ2v) is 18.8. The Morgan fingerprint density at radius 3 is 2.05 bits per heavy atom. The molecule has 0 saturated heterocycles. The Hall–Kier alpha value is -7.06. The molecule has 0 bridgehead atoms. The molecule has 3 heterocycles. The summed E-state index contributed by atoms with van der Waals surface area (Å²) >= 11 is 0. The van der Waals surface area contributed by atoms with Gasteiger partial charge >= 0.3 is 11.7 Å². The lowest BCUT2D eigenvalue weighted by atomic mass is 9.80. The Balaban J connectivity index is 1.22. The zero-order valence-electron chi connectivity index (χ0n) is 41.1. The number of benzene rings is 6. The molecule has 0 saturated carbocycles. The van der Waals surface area contributed by atoms with Crippen molar-refractivity contribution >= 4 is 50.6 Å². The van der Waals surface area contributed by atoms with Crippen LogP contribution in [0.3, 0.4) is 0 Å². The van der Waals surface area contributed by atoms with Gasteiger partial charge in [-0.25, -0.2) is 4.98 Å². The van der Waals surface area contributed by atoms with Crippen molar-refractivity contribution in [2.75, 3.05) is 0 Å². The van der Waals surface area contributed by atoms with Crippen molar-refractivity contribution in [3.05, 3.63) is 168 Å². The van der Waals surface area contributed by atoms with Crippen LogP contribution in [-0.4, -0.2) is 15.6 Å². The normalized spacial score (nSPS) is 14.1. The summed E-state index contributed by atoms with van der Waals surface area (Å²) in [5, 5.41) is 11.7. The fraction of sp³-hybridized carbons (Fsp3) is 0.218. The number of para-hydroxylation sites is 1. The fourth-order valence-electron chi connectivity index (χ4n) is 7.94. The Kier molecular flexibility index (Phi) is 8.07. The van der Waals surface area contributed by atoms with Crippen LogP contribution in [0.4, 0.5) is 22.7 Å². The van der Waals surface area contributed by atoms with Gasteiger partial charge in [0.25, 0.3) is 5.69 Å². The van der Waals surface area contributed by atoms with Crippen LogP contribution in [0.1, 0.15) is 91.4 Å². The van der Waals surface area contributed by atoms with E-state index in [1.54, 1.807) is 0 Å². The van der Waals surface area contributed by atoms with Crippen LogP contribution in [0.25, 0.3) is 38.8 Å². The van der Waals surface area contributed by atoms with Crippen LogP contribution in [0.15, 0.2) is 146 Å². The number of hydrogen-bond acceptors (Lipinski definition) is 3. The molecule has 1 aliphatic rings. The van der Waals surface area contributed by atoms with Gasteiger partial charge in [0, 0.05) is 47.3 Å². The summed E-state index contributed by atoms with van der Waals surface area (Å²) < 4.78 is 56.3. The predicted molar refractivity (Wildman–Crippen MR) is 252 cm³/mol. The molecule has 9 rings (SSSR count). The number of nitrogens with zero attached hydrogens (tertiary/aromatic N) is 5. The molecule has 6 heteroatoms. The first kappa shape index (κ1) is 33.7. The Morgan fingerprint density at radius 1 is 0.639 bits per heavy atom. The maximum Gasteiger partial charge on any atom is 0.503 e. The van der Waals surface area contributed by atoms with E-state index in [1.165, 1.54) is 0 Å². The molecule has 0 amide bonds. The second kappa shape index (κ2) is 14.6. The standard InChI is InChI=1S/C55H51N5O/c1-53(2,3)38-25-26-57-51(31-38)60-48-24-21-36(34-56)27-47(48)46-23-22-44(33-50(46)60)61-43-18-13-17-41(32-43)58-35-59(42-29-39(54(4,5)6)28-40(30-42)55(7,8)9)52-45(19-14-20-49(52)58)37-15-11-10-12-16-37/h10-33H,1-9H3/q+2/i10D,11D,12D,15D,16D. The molecule has 0 spiro atoms. The molecule has 8 aromatic rings. The van der Waals surface area contributed by atoms with Gasteiger partial charge in [-0.15, -0.1) is 0 Å². The van der Waals surface area contributed by atoms with Crippen LogP contribution in [-0.2, 0) is 16.2 Å². The van der Waals surface area contributed by atoms with Crippen molar-refractivity contribution in [2.24, 2.45) is 0 Å². The van der Waals surface area contributed by atoms with Crippen molar-refractivity contribution in [1.82, 2.24) is 18.7 Å². The number of pyridine rings is 1. The van der Waals surface area contributed by atoms with Gasteiger partial charge in [-0.1, -0.05) is 111 Å². The number of nitriles is 1. The summed E-state index contributed by atoms with van der Waals surface area (Å²) in [4.78, 5) is 4.83. The number of fused-ring (bicyclic) bond motifs is 4. The maximum atomic E-state index is 9.82. The van der Waals surface area contributed by atoms with Gasteiger partial charge in [-0.05, 0) is 102 Å². The van der Waals surface area contributed by atoms with Crippen LogP contribution < -0.4 is 13.9 Å². The number of aromatic nitrogens is 2. The third kappa shape index (κ3) is 7.33. The van der Waals surface area contributed by atoms with Crippen LogP contribution in [0.2, 0.25) is 0 Å². The van der Waals surface area contributed by atoms with E-state index >= 15 is 0 Å². The Bertz CT molecular complexity index is 3400. The van der Waals surface area contributed by atoms with Gasteiger partial charge in [-0.3, -0.25) is 4.57 Å². The van der Waals surface area contributed by atoms with E-state index < -0.39 is 18.1 Å². The first-order valence-electron chi connectivity index (χ1n) is 23.1. The van der Waals surface area contributed by atoms with Crippen molar-refractivity contribution in [3.8, 4) is 34.5 Å². The van der Waals surface area contributed by atoms with E-state index in [-0.39, 0.29) is 33.9 Å². The fourth-order valence-corrected chi connectivity index (χ4v) is 7.94. The quantitative estimate of drug-likeness (QED) is 0.157. The molecule has 0 N–H and O–H groups in total. The lowest BCUT2D eigenvalue weighted by Crippen LogP contribution is -2.17.